The van der Waals surface area contributed by atoms with Crippen molar-refractivity contribution in [3.05, 3.63) is 93.8 Å². The molecule has 1 aromatic heterocycles. The number of carbonyl (C=O) groups is 1. The molecule has 35 heavy (non-hydrogen) atoms. The number of benzene rings is 2. The lowest BCUT2D eigenvalue weighted by Crippen LogP contribution is -2.41. The molecule has 0 fully saturated rings. The maximum absolute atomic E-state index is 12.9. The summed E-state index contributed by atoms with van der Waals surface area (Å²) in [5, 5.41) is 9.98. The largest absolute Gasteiger partial charge is 0.317 e. The van der Waals surface area contributed by atoms with Gasteiger partial charge in [0, 0.05) is 17.1 Å². The number of hydrogen-bond donors (Lipinski definition) is 1. The Labute approximate surface area is 213 Å². The monoisotopic (exact) mass is 499 g/mol. The molecule has 6 nitrogen and oxygen atoms in total. The molecule has 176 valence electrons. The smallest absolute Gasteiger partial charge is 0.283 e. The second kappa shape index (κ2) is 9.36. The summed E-state index contributed by atoms with van der Waals surface area (Å²) >= 11 is 2.68. The van der Waals surface area contributed by atoms with Crippen LogP contribution in [0.4, 0.5) is 0 Å². The van der Waals surface area contributed by atoms with Gasteiger partial charge in [-0.05, 0) is 62.1 Å². The van der Waals surface area contributed by atoms with Gasteiger partial charge in [-0.25, -0.2) is 4.90 Å². The van der Waals surface area contributed by atoms with Crippen LogP contribution in [0.1, 0.15) is 33.6 Å². The third kappa shape index (κ3) is 4.28. The molecule has 0 saturated heterocycles. The number of carbonyl (C=O) groups excluding carboxylic acids is 1. The molecule has 0 aliphatic carbocycles. The van der Waals surface area contributed by atoms with E-state index in [1.54, 1.807) is 11.0 Å². The predicted molar refractivity (Wildman–Crippen MR) is 147 cm³/mol. The first-order chi connectivity index (χ1) is 16.8. The molecule has 2 aliphatic rings. The summed E-state index contributed by atoms with van der Waals surface area (Å²) in [5.41, 5.74) is 7.96. The molecule has 0 atom stereocenters. The van der Waals surface area contributed by atoms with Gasteiger partial charge in [-0.2, -0.15) is 9.39 Å². The van der Waals surface area contributed by atoms with E-state index in [0.717, 1.165) is 40.3 Å². The van der Waals surface area contributed by atoms with Gasteiger partial charge in [0.2, 0.25) is 5.17 Å². The first-order valence-corrected chi connectivity index (χ1v) is 13.0. The zero-order valence-corrected chi connectivity index (χ0v) is 21.6. The number of thioether (sulfide) groups is 1. The highest BCUT2D eigenvalue weighted by Gasteiger charge is 2.37. The summed E-state index contributed by atoms with van der Waals surface area (Å²) in [6, 6.07) is 18.5. The molecule has 2 aromatic carbocycles. The third-order valence-corrected chi connectivity index (χ3v) is 7.96. The van der Waals surface area contributed by atoms with Crippen molar-refractivity contribution in [2.45, 2.75) is 33.4 Å². The molecule has 3 heterocycles. The van der Waals surface area contributed by atoms with E-state index in [1.165, 1.54) is 28.5 Å². The Balaban J connectivity index is 1.47. The molecule has 0 saturated carbocycles. The van der Waals surface area contributed by atoms with Gasteiger partial charge in [-0.15, -0.1) is 0 Å². The van der Waals surface area contributed by atoms with E-state index in [2.05, 4.69) is 71.1 Å². The van der Waals surface area contributed by atoms with E-state index in [-0.39, 0.29) is 11.4 Å². The average Bonchev–Trinajstić information content (AvgIpc) is 3.36. The third-order valence-electron chi connectivity index (χ3n) is 6.14. The minimum Gasteiger partial charge on any atom is -0.317 e. The van der Waals surface area contributed by atoms with Crippen LogP contribution in [-0.2, 0) is 10.5 Å². The van der Waals surface area contributed by atoms with Crippen molar-refractivity contribution in [2.24, 2.45) is 9.39 Å². The molecule has 0 unspecified atom stereocenters. The van der Waals surface area contributed by atoms with Crippen LogP contribution in [0.5, 0.6) is 0 Å². The highest BCUT2D eigenvalue weighted by Crippen LogP contribution is 2.34. The lowest BCUT2D eigenvalue weighted by atomic mass is 10.1. The van der Waals surface area contributed by atoms with Gasteiger partial charge in [0.05, 0.1) is 23.2 Å². The zero-order chi connectivity index (χ0) is 24.7. The van der Waals surface area contributed by atoms with Gasteiger partial charge in [0.25, 0.3) is 5.91 Å². The van der Waals surface area contributed by atoms with Crippen LogP contribution in [0.25, 0.3) is 11.8 Å². The van der Waals surface area contributed by atoms with E-state index in [4.69, 9.17) is 5.41 Å². The number of aliphatic imine (C=N–C) groups is 1. The highest BCUT2D eigenvalue weighted by atomic mass is 32.2. The molecular weight excluding hydrogens is 474 g/mol. The van der Waals surface area contributed by atoms with Gasteiger partial charge >= 0.3 is 0 Å². The molecule has 0 radical (unpaired) electrons. The van der Waals surface area contributed by atoms with Crippen molar-refractivity contribution in [2.75, 3.05) is 0 Å². The first-order valence-electron chi connectivity index (χ1n) is 11.3. The number of nitrogens with one attached hydrogen (secondary N) is 1. The fourth-order valence-electron chi connectivity index (χ4n) is 4.41. The van der Waals surface area contributed by atoms with Gasteiger partial charge < -0.3 is 4.57 Å². The van der Waals surface area contributed by atoms with Crippen LogP contribution >= 0.6 is 23.7 Å². The number of rotatable bonds is 4. The number of hydrogen-bond acceptors (Lipinski definition) is 5. The molecular formula is C27H25N5OS2. The molecule has 8 heteroatoms. The Morgan fingerprint density at radius 3 is 2.46 bits per heavy atom. The summed E-state index contributed by atoms with van der Waals surface area (Å²) in [6.45, 7) is 8.32. The first kappa shape index (κ1) is 23.4. The van der Waals surface area contributed by atoms with Crippen molar-refractivity contribution in [1.82, 2.24) is 9.47 Å². The predicted octanol–water partition coefficient (Wildman–Crippen LogP) is 6.22. The number of aryl methyl sites for hydroxylation is 3. The van der Waals surface area contributed by atoms with Crippen LogP contribution in [0.15, 0.2) is 69.6 Å². The van der Waals surface area contributed by atoms with Crippen LogP contribution in [0.2, 0.25) is 0 Å². The Kier molecular flexibility index (Phi) is 6.25. The Hall–Kier alpha value is -3.36. The Morgan fingerprint density at radius 1 is 1.03 bits per heavy atom. The second-order valence-corrected chi connectivity index (χ2v) is 10.3. The van der Waals surface area contributed by atoms with Gasteiger partial charge in [0.1, 0.15) is 5.84 Å². The number of fused-ring (bicyclic) bond motifs is 1. The molecule has 0 spiro atoms. The Morgan fingerprint density at radius 2 is 1.74 bits per heavy atom. The summed E-state index contributed by atoms with van der Waals surface area (Å²) in [6.07, 6.45) is 1.79. The van der Waals surface area contributed by atoms with Crippen LogP contribution in [0.3, 0.4) is 0 Å². The number of nitrogens with zero attached hydrogens (tertiary/aromatic N) is 4. The fourth-order valence-corrected chi connectivity index (χ4v) is 6.21. The number of amides is 1. The quantitative estimate of drug-likeness (QED) is 0.342. The van der Waals surface area contributed by atoms with Gasteiger partial charge in [-0.1, -0.05) is 60.3 Å². The average molecular weight is 500 g/mol. The minimum absolute atomic E-state index is 0.112. The lowest BCUT2D eigenvalue weighted by molar-refractivity contribution is -0.114. The standard InChI is InChI=1S/C27H25N5OS2/c1-16-9-8-10-17(2)23(16)31-18(3)13-21(19(31)4)14-22-24(28)32-26(29-25(22)33)35-30-27(32)34-15-20-11-6-5-7-12-20/h5-14,28H,15H2,1-4H3. The van der Waals surface area contributed by atoms with Crippen LogP contribution < -0.4 is 0 Å². The molecule has 5 rings (SSSR count). The van der Waals surface area contributed by atoms with Gasteiger partial charge in [-0.3, -0.25) is 10.2 Å². The summed E-state index contributed by atoms with van der Waals surface area (Å²) < 4.78 is 6.70. The van der Waals surface area contributed by atoms with Crippen molar-refractivity contribution in [3.8, 4) is 5.69 Å². The molecule has 2 aliphatic heterocycles. The van der Waals surface area contributed by atoms with E-state index in [1.807, 2.05) is 25.1 Å². The lowest BCUT2D eigenvalue weighted by Gasteiger charge is -2.24. The van der Waals surface area contributed by atoms with E-state index in [9.17, 15) is 4.79 Å². The van der Waals surface area contributed by atoms with Gasteiger partial charge in [0.15, 0.2) is 5.17 Å². The second-order valence-electron chi connectivity index (χ2n) is 8.58. The van der Waals surface area contributed by atoms with Crippen LogP contribution in [0, 0.1) is 33.1 Å². The Bertz CT molecular complexity index is 1430. The van der Waals surface area contributed by atoms with Crippen molar-refractivity contribution in [1.29, 1.82) is 5.41 Å². The van der Waals surface area contributed by atoms with Crippen molar-refractivity contribution in [3.63, 3.8) is 0 Å². The SMILES string of the molecule is Cc1cccc(C)c1-n1c(C)cc(C=C2C(=N)N3C(SCc4ccccc4)=NSC3=NC2=O)c1C. The van der Waals surface area contributed by atoms with E-state index >= 15 is 0 Å². The van der Waals surface area contributed by atoms with Crippen LogP contribution in [-0.4, -0.2) is 31.5 Å². The summed E-state index contributed by atoms with van der Waals surface area (Å²) in [4.78, 5) is 18.8. The maximum Gasteiger partial charge on any atom is 0.283 e. The molecule has 1 amide bonds. The highest BCUT2D eigenvalue weighted by molar-refractivity contribution is 8.18. The molecule has 1 N–H and O–H groups in total. The van der Waals surface area contributed by atoms with Crippen molar-refractivity contribution >= 4 is 51.9 Å². The zero-order valence-electron chi connectivity index (χ0n) is 20.0. The fraction of sp³-hybridized carbons (Fsp3) is 0.185. The normalized spacial score (nSPS) is 16.6. The van der Waals surface area contributed by atoms with E-state index in [0.29, 0.717) is 10.3 Å². The number of amidine groups is 3. The molecule has 0 bridgehead atoms. The van der Waals surface area contributed by atoms with E-state index < -0.39 is 5.91 Å². The number of aromatic nitrogens is 1. The van der Waals surface area contributed by atoms with Crippen molar-refractivity contribution < 1.29 is 4.79 Å². The maximum atomic E-state index is 12.9. The number of para-hydroxylation sites is 1. The molecule has 3 aromatic rings. The summed E-state index contributed by atoms with van der Waals surface area (Å²) in [7, 11) is 0. The topological polar surface area (TPSA) is 73.8 Å². The minimum atomic E-state index is -0.407. The summed E-state index contributed by atoms with van der Waals surface area (Å²) in [5.74, 6) is 0.428.